The van der Waals surface area contributed by atoms with Crippen LogP contribution in [0.5, 0.6) is 0 Å². The van der Waals surface area contributed by atoms with E-state index in [0.717, 1.165) is 12.8 Å². The summed E-state index contributed by atoms with van der Waals surface area (Å²) >= 11 is 0. The molecule has 15 heavy (non-hydrogen) atoms. The van der Waals surface area contributed by atoms with Crippen LogP contribution in [-0.4, -0.2) is 23.0 Å². The molecular formula is C10H19NO4. The Bertz CT molecular complexity index is 203. The van der Waals surface area contributed by atoms with E-state index in [0.29, 0.717) is 12.8 Å². The van der Waals surface area contributed by atoms with E-state index in [1.165, 1.54) is 6.92 Å². The molecule has 0 aromatic carbocycles. The lowest BCUT2D eigenvalue weighted by Gasteiger charge is -2.28. The van der Waals surface area contributed by atoms with Crippen LogP contribution in [0, 0.1) is 10.1 Å². The zero-order valence-electron chi connectivity index (χ0n) is 9.62. The van der Waals surface area contributed by atoms with Crippen LogP contribution in [0.15, 0.2) is 0 Å². The SMILES string of the molecule is CCCC(CCC)(C[N+](=O)[O-])OC(C)=O. The predicted molar refractivity (Wildman–Crippen MR) is 56.2 cm³/mol. The summed E-state index contributed by atoms with van der Waals surface area (Å²) in [5.41, 5.74) is -0.904. The standard InChI is InChI=1S/C10H19NO4/c1-4-6-10(7-5-2,8-11(13)14)15-9(3)12/h4-8H2,1-3H3. The van der Waals surface area contributed by atoms with Crippen molar-refractivity contribution >= 4 is 5.97 Å². The van der Waals surface area contributed by atoms with Crippen LogP contribution in [0.2, 0.25) is 0 Å². The van der Waals surface area contributed by atoms with Crippen LogP contribution in [0.4, 0.5) is 0 Å². The summed E-state index contributed by atoms with van der Waals surface area (Å²) in [6, 6.07) is 0. The molecule has 0 spiro atoms. The fourth-order valence-corrected chi connectivity index (χ4v) is 1.87. The van der Waals surface area contributed by atoms with Gasteiger partial charge in [0.25, 0.3) is 0 Å². The molecule has 5 heteroatoms. The van der Waals surface area contributed by atoms with Crippen LogP contribution in [0.3, 0.4) is 0 Å². The number of nitro groups is 1. The second-order valence-corrected chi connectivity index (χ2v) is 3.77. The number of nitrogens with zero attached hydrogens (tertiary/aromatic N) is 1. The molecule has 0 aliphatic carbocycles. The largest absolute Gasteiger partial charge is 0.452 e. The van der Waals surface area contributed by atoms with Gasteiger partial charge in [0, 0.05) is 11.8 Å². The van der Waals surface area contributed by atoms with Gasteiger partial charge >= 0.3 is 5.97 Å². The third-order valence-electron chi connectivity index (χ3n) is 2.19. The number of hydrogen-bond donors (Lipinski definition) is 0. The van der Waals surface area contributed by atoms with Crippen molar-refractivity contribution in [2.75, 3.05) is 6.54 Å². The minimum Gasteiger partial charge on any atom is -0.452 e. The molecule has 0 atom stereocenters. The molecule has 0 unspecified atom stereocenters. The van der Waals surface area contributed by atoms with Gasteiger partial charge in [-0.2, -0.15) is 0 Å². The van der Waals surface area contributed by atoms with Crippen molar-refractivity contribution < 1.29 is 14.5 Å². The van der Waals surface area contributed by atoms with Crippen molar-refractivity contribution in [2.24, 2.45) is 0 Å². The lowest BCUT2D eigenvalue weighted by atomic mass is 9.92. The van der Waals surface area contributed by atoms with Crippen molar-refractivity contribution in [3.05, 3.63) is 10.1 Å². The van der Waals surface area contributed by atoms with Gasteiger partial charge in [-0.25, -0.2) is 0 Å². The lowest BCUT2D eigenvalue weighted by molar-refractivity contribution is -0.501. The molecule has 0 amide bonds. The topological polar surface area (TPSA) is 69.4 Å². The second-order valence-electron chi connectivity index (χ2n) is 3.77. The number of carbonyl (C=O) groups is 1. The third-order valence-corrected chi connectivity index (χ3v) is 2.19. The first kappa shape index (κ1) is 13.9. The molecule has 0 fully saturated rings. The van der Waals surface area contributed by atoms with E-state index >= 15 is 0 Å². The molecule has 5 nitrogen and oxygen atoms in total. The molecular weight excluding hydrogens is 198 g/mol. The first-order valence-electron chi connectivity index (χ1n) is 5.27. The number of hydrogen-bond acceptors (Lipinski definition) is 4. The molecule has 0 saturated carbocycles. The number of esters is 1. The molecule has 0 bridgehead atoms. The highest BCUT2D eigenvalue weighted by atomic mass is 16.6. The molecule has 0 aromatic heterocycles. The molecule has 0 saturated heterocycles. The van der Waals surface area contributed by atoms with Crippen LogP contribution in [-0.2, 0) is 9.53 Å². The van der Waals surface area contributed by atoms with Crippen LogP contribution < -0.4 is 0 Å². The molecule has 0 aliphatic rings. The molecule has 0 N–H and O–H groups in total. The molecule has 0 radical (unpaired) electrons. The maximum Gasteiger partial charge on any atom is 0.303 e. The van der Waals surface area contributed by atoms with E-state index in [-0.39, 0.29) is 6.54 Å². The van der Waals surface area contributed by atoms with E-state index in [2.05, 4.69) is 0 Å². The van der Waals surface area contributed by atoms with Crippen molar-refractivity contribution in [2.45, 2.75) is 52.1 Å². The zero-order chi connectivity index (χ0) is 11.9. The van der Waals surface area contributed by atoms with Crippen LogP contribution >= 0.6 is 0 Å². The quantitative estimate of drug-likeness (QED) is 0.372. The molecule has 88 valence electrons. The van der Waals surface area contributed by atoms with Gasteiger partial charge in [0.2, 0.25) is 6.54 Å². The van der Waals surface area contributed by atoms with Gasteiger partial charge in [0.1, 0.15) is 0 Å². The summed E-state index contributed by atoms with van der Waals surface area (Å²) in [5.74, 6) is -0.446. The van der Waals surface area contributed by atoms with Crippen LogP contribution in [0.1, 0.15) is 46.5 Å². The first-order valence-corrected chi connectivity index (χ1v) is 5.27. The summed E-state index contributed by atoms with van der Waals surface area (Å²) < 4.78 is 5.15. The van der Waals surface area contributed by atoms with Crippen molar-refractivity contribution in [3.63, 3.8) is 0 Å². The van der Waals surface area contributed by atoms with E-state index in [1.54, 1.807) is 0 Å². The van der Waals surface area contributed by atoms with Crippen molar-refractivity contribution in [1.29, 1.82) is 0 Å². The van der Waals surface area contributed by atoms with E-state index in [4.69, 9.17) is 4.74 Å². The number of carbonyl (C=O) groups excluding carboxylic acids is 1. The maximum absolute atomic E-state index is 10.9. The highest BCUT2D eigenvalue weighted by Crippen LogP contribution is 2.25. The van der Waals surface area contributed by atoms with Gasteiger partial charge in [-0.3, -0.25) is 14.9 Å². The van der Waals surface area contributed by atoms with Gasteiger partial charge in [-0.1, -0.05) is 26.7 Å². The molecule has 0 heterocycles. The number of rotatable bonds is 7. The second kappa shape index (κ2) is 6.37. The minimum atomic E-state index is -0.904. The summed E-state index contributed by atoms with van der Waals surface area (Å²) in [6.07, 6.45) is 2.62. The monoisotopic (exact) mass is 217 g/mol. The van der Waals surface area contributed by atoms with Gasteiger partial charge in [0.15, 0.2) is 5.60 Å². The Morgan fingerprint density at radius 1 is 1.33 bits per heavy atom. The minimum absolute atomic E-state index is 0.297. The van der Waals surface area contributed by atoms with Crippen molar-refractivity contribution in [1.82, 2.24) is 0 Å². The molecule has 0 aliphatic heterocycles. The molecule has 0 aromatic rings. The third kappa shape index (κ3) is 5.34. The zero-order valence-corrected chi connectivity index (χ0v) is 9.62. The average molecular weight is 217 g/mol. The Balaban J connectivity index is 4.69. The van der Waals surface area contributed by atoms with Crippen LogP contribution in [0.25, 0.3) is 0 Å². The average Bonchev–Trinajstić information content (AvgIpc) is 2.01. The van der Waals surface area contributed by atoms with E-state index in [9.17, 15) is 14.9 Å². The van der Waals surface area contributed by atoms with E-state index in [1.807, 2.05) is 13.8 Å². The predicted octanol–water partition coefficient (Wildman–Crippen LogP) is 2.17. The summed E-state index contributed by atoms with van der Waals surface area (Å²) in [4.78, 5) is 21.1. The summed E-state index contributed by atoms with van der Waals surface area (Å²) in [5, 5.41) is 10.6. The van der Waals surface area contributed by atoms with Gasteiger partial charge < -0.3 is 4.74 Å². The Hall–Kier alpha value is -1.13. The maximum atomic E-state index is 10.9. The number of ether oxygens (including phenoxy) is 1. The smallest absolute Gasteiger partial charge is 0.303 e. The van der Waals surface area contributed by atoms with E-state index < -0.39 is 16.5 Å². The Morgan fingerprint density at radius 3 is 2.07 bits per heavy atom. The fourth-order valence-electron chi connectivity index (χ4n) is 1.87. The lowest BCUT2D eigenvalue weighted by Crippen LogP contribution is -2.41. The summed E-state index contributed by atoms with van der Waals surface area (Å²) in [6.45, 7) is 4.84. The Morgan fingerprint density at radius 2 is 1.80 bits per heavy atom. The van der Waals surface area contributed by atoms with Gasteiger partial charge in [0.05, 0.1) is 0 Å². The highest BCUT2D eigenvalue weighted by molar-refractivity contribution is 5.66. The first-order chi connectivity index (χ1) is 6.95. The van der Waals surface area contributed by atoms with Gasteiger partial charge in [-0.15, -0.1) is 0 Å². The Labute approximate surface area is 90.0 Å². The van der Waals surface area contributed by atoms with Gasteiger partial charge in [-0.05, 0) is 12.8 Å². The normalized spacial score (nSPS) is 11.1. The fraction of sp³-hybridized carbons (Fsp3) is 0.900. The highest BCUT2D eigenvalue weighted by Gasteiger charge is 2.37. The summed E-state index contributed by atoms with van der Waals surface area (Å²) in [7, 11) is 0. The Kier molecular flexibility index (Phi) is 5.89. The molecule has 0 rings (SSSR count). The van der Waals surface area contributed by atoms with Crippen molar-refractivity contribution in [3.8, 4) is 0 Å².